The third-order valence-corrected chi connectivity index (χ3v) is 4.78. The van der Waals surface area contributed by atoms with E-state index in [-0.39, 0.29) is 11.8 Å². The summed E-state index contributed by atoms with van der Waals surface area (Å²) in [5.74, 6) is 1.47. The number of aryl methyl sites for hydroxylation is 1. The van der Waals surface area contributed by atoms with Crippen LogP contribution in [0.4, 0.5) is 5.82 Å². The van der Waals surface area contributed by atoms with Crippen molar-refractivity contribution in [3.63, 3.8) is 0 Å². The van der Waals surface area contributed by atoms with Gasteiger partial charge >= 0.3 is 0 Å². The van der Waals surface area contributed by atoms with E-state index in [2.05, 4.69) is 21.3 Å². The van der Waals surface area contributed by atoms with E-state index in [1.165, 1.54) is 0 Å². The molecule has 0 aliphatic carbocycles. The maximum Gasteiger partial charge on any atom is 0.228 e. The van der Waals surface area contributed by atoms with E-state index in [1.54, 1.807) is 18.3 Å². The molecule has 0 radical (unpaired) electrons. The Hall–Kier alpha value is -2.91. The SMILES string of the molecule is Cc1ccc(NC(=O)C2CCN(CCOc3ccc(C#N)cc3)CC2)nc1. The molecule has 2 heterocycles. The van der Waals surface area contributed by atoms with Crippen LogP contribution in [0, 0.1) is 24.2 Å². The van der Waals surface area contributed by atoms with Crippen LogP contribution >= 0.6 is 0 Å². The predicted molar refractivity (Wildman–Crippen MR) is 103 cm³/mol. The van der Waals surface area contributed by atoms with E-state index < -0.39 is 0 Å². The maximum absolute atomic E-state index is 12.4. The number of nitriles is 1. The van der Waals surface area contributed by atoms with Gasteiger partial charge in [0.15, 0.2) is 0 Å². The lowest BCUT2D eigenvalue weighted by molar-refractivity contribution is -0.121. The van der Waals surface area contributed by atoms with Crippen molar-refractivity contribution in [1.82, 2.24) is 9.88 Å². The van der Waals surface area contributed by atoms with Crippen LogP contribution in [-0.2, 0) is 4.79 Å². The highest BCUT2D eigenvalue weighted by Crippen LogP contribution is 2.19. The van der Waals surface area contributed by atoms with Crippen molar-refractivity contribution < 1.29 is 9.53 Å². The lowest BCUT2D eigenvalue weighted by Gasteiger charge is -2.31. The molecule has 1 N–H and O–H groups in total. The van der Waals surface area contributed by atoms with Gasteiger partial charge in [0.1, 0.15) is 18.2 Å². The summed E-state index contributed by atoms with van der Waals surface area (Å²) in [6.07, 6.45) is 3.44. The van der Waals surface area contributed by atoms with Gasteiger partial charge in [-0.3, -0.25) is 9.69 Å². The minimum atomic E-state index is 0.0313. The van der Waals surface area contributed by atoms with Crippen molar-refractivity contribution in [2.45, 2.75) is 19.8 Å². The molecule has 3 rings (SSSR count). The molecular weight excluding hydrogens is 340 g/mol. The number of likely N-dealkylation sites (tertiary alicyclic amines) is 1. The van der Waals surface area contributed by atoms with Crippen LogP contribution in [0.1, 0.15) is 24.0 Å². The molecule has 1 fully saturated rings. The number of carbonyl (C=O) groups is 1. The molecule has 140 valence electrons. The van der Waals surface area contributed by atoms with Crippen molar-refractivity contribution in [2.24, 2.45) is 5.92 Å². The van der Waals surface area contributed by atoms with Gasteiger partial charge in [0.25, 0.3) is 0 Å². The highest BCUT2D eigenvalue weighted by Gasteiger charge is 2.25. The first-order valence-electron chi connectivity index (χ1n) is 9.23. The molecule has 1 aromatic heterocycles. The molecule has 27 heavy (non-hydrogen) atoms. The first-order valence-corrected chi connectivity index (χ1v) is 9.23. The summed E-state index contributed by atoms with van der Waals surface area (Å²) in [6.45, 7) is 5.16. The number of anilines is 1. The van der Waals surface area contributed by atoms with E-state index in [0.29, 0.717) is 18.0 Å². The Balaban J connectivity index is 1.37. The summed E-state index contributed by atoms with van der Waals surface area (Å²) in [4.78, 5) is 18.9. The van der Waals surface area contributed by atoms with Gasteiger partial charge in [0, 0.05) is 18.7 Å². The number of ether oxygens (including phenoxy) is 1. The zero-order valence-corrected chi connectivity index (χ0v) is 15.5. The number of nitrogens with one attached hydrogen (secondary N) is 1. The highest BCUT2D eigenvalue weighted by atomic mass is 16.5. The van der Waals surface area contributed by atoms with Gasteiger partial charge in [-0.25, -0.2) is 4.98 Å². The fraction of sp³-hybridized carbons (Fsp3) is 0.381. The van der Waals surface area contributed by atoms with Crippen LogP contribution in [0.3, 0.4) is 0 Å². The minimum Gasteiger partial charge on any atom is -0.492 e. The highest BCUT2D eigenvalue weighted by molar-refractivity contribution is 5.91. The molecule has 1 saturated heterocycles. The lowest BCUT2D eigenvalue weighted by atomic mass is 9.96. The number of nitrogens with zero attached hydrogens (tertiary/aromatic N) is 3. The van der Waals surface area contributed by atoms with E-state index in [0.717, 1.165) is 43.8 Å². The van der Waals surface area contributed by atoms with E-state index in [4.69, 9.17) is 10.00 Å². The molecule has 0 saturated carbocycles. The number of pyridine rings is 1. The molecule has 1 aliphatic rings. The van der Waals surface area contributed by atoms with Gasteiger partial charge in [-0.2, -0.15) is 5.26 Å². The fourth-order valence-electron chi connectivity index (χ4n) is 3.11. The van der Waals surface area contributed by atoms with Gasteiger partial charge in [0.05, 0.1) is 11.6 Å². The van der Waals surface area contributed by atoms with Gasteiger partial charge in [-0.15, -0.1) is 0 Å². The fourth-order valence-corrected chi connectivity index (χ4v) is 3.11. The largest absolute Gasteiger partial charge is 0.492 e. The standard InChI is InChI=1S/C21H24N4O2/c1-16-2-7-20(23-15-16)24-21(26)18-8-10-25(11-9-18)12-13-27-19-5-3-17(14-22)4-6-19/h2-7,15,18H,8-13H2,1H3,(H,23,24,26). The zero-order valence-electron chi connectivity index (χ0n) is 15.5. The second-order valence-electron chi connectivity index (χ2n) is 6.81. The first kappa shape index (κ1) is 18.9. The van der Waals surface area contributed by atoms with Crippen molar-refractivity contribution in [1.29, 1.82) is 5.26 Å². The molecule has 1 aromatic carbocycles. The van der Waals surface area contributed by atoms with Crippen LogP contribution < -0.4 is 10.1 Å². The summed E-state index contributed by atoms with van der Waals surface area (Å²) in [7, 11) is 0. The van der Waals surface area contributed by atoms with Gasteiger partial charge in [-0.1, -0.05) is 6.07 Å². The van der Waals surface area contributed by atoms with Gasteiger partial charge in [-0.05, 0) is 68.8 Å². The number of rotatable bonds is 6. The third-order valence-electron chi connectivity index (χ3n) is 4.78. The monoisotopic (exact) mass is 364 g/mol. The summed E-state index contributed by atoms with van der Waals surface area (Å²) in [5, 5.41) is 11.7. The molecule has 6 heteroatoms. The summed E-state index contributed by atoms with van der Waals surface area (Å²) in [5.41, 5.74) is 1.70. The van der Waals surface area contributed by atoms with Gasteiger partial charge < -0.3 is 10.1 Å². The average Bonchev–Trinajstić information content (AvgIpc) is 2.71. The normalized spacial score (nSPS) is 15.1. The summed E-state index contributed by atoms with van der Waals surface area (Å²) in [6, 6.07) is 13.0. The van der Waals surface area contributed by atoms with Gasteiger partial charge in [0.2, 0.25) is 5.91 Å². The number of carbonyl (C=O) groups excluding carboxylic acids is 1. The van der Waals surface area contributed by atoms with E-state index >= 15 is 0 Å². The number of hydrogen-bond donors (Lipinski definition) is 1. The van der Waals surface area contributed by atoms with E-state index in [9.17, 15) is 4.79 Å². The Morgan fingerprint density at radius 2 is 2.00 bits per heavy atom. The Morgan fingerprint density at radius 1 is 1.26 bits per heavy atom. The second kappa shape index (κ2) is 9.15. The quantitative estimate of drug-likeness (QED) is 0.852. The molecule has 0 unspecified atom stereocenters. The van der Waals surface area contributed by atoms with Crippen LogP contribution in [-0.4, -0.2) is 42.0 Å². The molecule has 6 nitrogen and oxygen atoms in total. The molecule has 2 aromatic rings. The number of piperidine rings is 1. The van der Waals surface area contributed by atoms with Crippen molar-refractivity contribution >= 4 is 11.7 Å². The Labute approximate surface area is 159 Å². The maximum atomic E-state index is 12.4. The number of amides is 1. The number of aromatic nitrogens is 1. The molecule has 0 bridgehead atoms. The van der Waals surface area contributed by atoms with Crippen molar-refractivity contribution in [3.05, 3.63) is 53.7 Å². The average molecular weight is 364 g/mol. The Bertz CT molecular complexity index is 788. The van der Waals surface area contributed by atoms with Crippen LogP contribution in [0.5, 0.6) is 5.75 Å². The third kappa shape index (κ3) is 5.53. The Kier molecular flexibility index (Phi) is 6.39. The topological polar surface area (TPSA) is 78.3 Å². The number of benzene rings is 1. The molecule has 1 aliphatic heterocycles. The van der Waals surface area contributed by atoms with Crippen LogP contribution in [0.15, 0.2) is 42.6 Å². The smallest absolute Gasteiger partial charge is 0.228 e. The Morgan fingerprint density at radius 3 is 2.63 bits per heavy atom. The van der Waals surface area contributed by atoms with Crippen LogP contribution in [0.25, 0.3) is 0 Å². The second-order valence-corrected chi connectivity index (χ2v) is 6.81. The molecule has 1 amide bonds. The first-order chi connectivity index (χ1) is 13.1. The minimum absolute atomic E-state index is 0.0313. The lowest BCUT2D eigenvalue weighted by Crippen LogP contribution is -2.40. The summed E-state index contributed by atoms with van der Waals surface area (Å²) < 4.78 is 5.73. The summed E-state index contributed by atoms with van der Waals surface area (Å²) >= 11 is 0. The van der Waals surface area contributed by atoms with Crippen molar-refractivity contribution in [3.8, 4) is 11.8 Å². The number of hydrogen-bond acceptors (Lipinski definition) is 5. The van der Waals surface area contributed by atoms with Crippen LogP contribution in [0.2, 0.25) is 0 Å². The molecule has 0 atom stereocenters. The molecular formula is C21H24N4O2. The van der Waals surface area contributed by atoms with E-state index in [1.807, 2.05) is 31.2 Å². The van der Waals surface area contributed by atoms with Crippen molar-refractivity contribution in [2.75, 3.05) is 31.6 Å². The predicted octanol–water partition coefficient (Wildman–Crippen LogP) is 2.99. The molecule has 0 spiro atoms. The zero-order chi connectivity index (χ0) is 19.1.